The van der Waals surface area contributed by atoms with E-state index in [1.165, 1.54) is 38.5 Å². The molecule has 3 rings (SSSR count). The van der Waals surface area contributed by atoms with Gasteiger partial charge in [-0.2, -0.15) is 0 Å². The Hall–Kier alpha value is -0.540. The third kappa shape index (κ3) is 2.25. The van der Waals surface area contributed by atoms with Crippen molar-refractivity contribution in [3.8, 4) is 5.06 Å². The molecule has 88 valence electrons. The molecule has 0 aromatic carbocycles. The Morgan fingerprint density at radius 3 is 3.00 bits per heavy atom. The SMILES string of the molecule is c1c(OC2CCCNC2)sc2c1CCCC2. The van der Waals surface area contributed by atoms with Crippen LogP contribution in [0.3, 0.4) is 0 Å². The highest BCUT2D eigenvalue weighted by atomic mass is 32.1. The van der Waals surface area contributed by atoms with E-state index in [1.807, 2.05) is 11.3 Å². The number of piperidine rings is 1. The first-order chi connectivity index (χ1) is 7.92. The molecular formula is C13H19NOS. The summed E-state index contributed by atoms with van der Waals surface area (Å²) in [7, 11) is 0. The predicted molar refractivity (Wildman–Crippen MR) is 67.5 cm³/mol. The maximum atomic E-state index is 6.06. The minimum Gasteiger partial charge on any atom is -0.480 e. The molecule has 1 aromatic rings. The lowest BCUT2D eigenvalue weighted by atomic mass is 10.00. The van der Waals surface area contributed by atoms with Gasteiger partial charge in [0.05, 0.1) is 0 Å². The topological polar surface area (TPSA) is 21.3 Å². The molecule has 0 amide bonds. The Bertz CT molecular complexity index is 331. The van der Waals surface area contributed by atoms with Gasteiger partial charge in [0.1, 0.15) is 6.10 Å². The van der Waals surface area contributed by atoms with E-state index in [4.69, 9.17) is 4.74 Å². The van der Waals surface area contributed by atoms with E-state index < -0.39 is 0 Å². The second-order valence-corrected chi connectivity index (χ2v) is 5.91. The fourth-order valence-corrected chi connectivity index (χ4v) is 3.77. The minimum absolute atomic E-state index is 0.397. The summed E-state index contributed by atoms with van der Waals surface area (Å²) in [6.07, 6.45) is 8.09. The summed E-state index contributed by atoms with van der Waals surface area (Å²) in [5.74, 6) is 0. The maximum Gasteiger partial charge on any atom is 0.174 e. The van der Waals surface area contributed by atoms with Gasteiger partial charge in [0, 0.05) is 11.4 Å². The summed E-state index contributed by atoms with van der Waals surface area (Å²) in [5.41, 5.74) is 1.55. The van der Waals surface area contributed by atoms with Crippen LogP contribution in [-0.4, -0.2) is 19.2 Å². The summed E-state index contributed by atoms with van der Waals surface area (Å²) in [6.45, 7) is 2.17. The zero-order valence-electron chi connectivity index (χ0n) is 9.63. The normalized spacial score (nSPS) is 25.1. The summed E-state index contributed by atoms with van der Waals surface area (Å²) < 4.78 is 6.06. The van der Waals surface area contributed by atoms with Gasteiger partial charge in [-0.3, -0.25) is 0 Å². The molecule has 1 N–H and O–H groups in total. The van der Waals surface area contributed by atoms with E-state index in [1.54, 1.807) is 10.4 Å². The molecule has 1 aliphatic heterocycles. The molecule has 0 radical (unpaired) electrons. The highest BCUT2D eigenvalue weighted by Gasteiger charge is 2.18. The molecule has 2 nitrogen and oxygen atoms in total. The third-order valence-electron chi connectivity index (χ3n) is 3.51. The molecule has 2 aliphatic rings. The van der Waals surface area contributed by atoms with Crippen LogP contribution in [0.25, 0.3) is 0 Å². The number of hydrogen-bond donors (Lipinski definition) is 1. The largest absolute Gasteiger partial charge is 0.480 e. The Balaban J connectivity index is 1.67. The molecule has 1 unspecified atom stereocenters. The van der Waals surface area contributed by atoms with Gasteiger partial charge in [-0.15, -0.1) is 11.3 Å². The molecule has 0 spiro atoms. The number of nitrogens with one attached hydrogen (secondary N) is 1. The molecule has 1 fully saturated rings. The van der Waals surface area contributed by atoms with E-state index in [0.29, 0.717) is 6.10 Å². The summed E-state index contributed by atoms with van der Waals surface area (Å²) >= 11 is 1.88. The summed E-state index contributed by atoms with van der Waals surface area (Å²) in [6, 6.07) is 2.29. The first-order valence-corrected chi connectivity index (χ1v) is 7.22. The van der Waals surface area contributed by atoms with Crippen LogP contribution >= 0.6 is 11.3 Å². The number of aryl methyl sites for hydroxylation is 2. The van der Waals surface area contributed by atoms with Crippen molar-refractivity contribution in [1.29, 1.82) is 0 Å². The maximum absolute atomic E-state index is 6.06. The van der Waals surface area contributed by atoms with Crippen molar-refractivity contribution in [3.63, 3.8) is 0 Å². The van der Waals surface area contributed by atoms with Gasteiger partial charge in [0.2, 0.25) is 0 Å². The summed E-state index contributed by atoms with van der Waals surface area (Å²) in [4.78, 5) is 1.57. The van der Waals surface area contributed by atoms with Crippen molar-refractivity contribution in [2.75, 3.05) is 13.1 Å². The predicted octanol–water partition coefficient (Wildman–Crippen LogP) is 2.76. The van der Waals surface area contributed by atoms with Gasteiger partial charge >= 0.3 is 0 Å². The van der Waals surface area contributed by atoms with E-state index in [-0.39, 0.29) is 0 Å². The molecule has 1 aliphatic carbocycles. The van der Waals surface area contributed by atoms with Gasteiger partial charge in [0.15, 0.2) is 5.06 Å². The molecule has 1 saturated heterocycles. The fourth-order valence-electron chi connectivity index (χ4n) is 2.61. The van der Waals surface area contributed by atoms with Gasteiger partial charge < -0.3 is 10.1 Å². The van der Waals surface area contributed by atoms with Crippen LogP contribution in [0.4, 0.5) is 0 Å². The van der Waals surface area contributed by atoms with Gasteiger partial charge in [-0.25, -0.2) is 0 Å². The highest BCUT2D eigenvalue weighted by molar-refractivity contribution is 7.14. The van der Waals surface area contributed by atoms with Crippen molar-refractivity contribution in [1.82, 2.24) is 5.32 Å². The van der Waals surface area contributed by atoms with Gasteiger partial charge in [-0.1, -0.05) is 0 Å². The minimum atomic E-state index is 0.397. The number of fused-ring (bicyclic) bond motifs is 1. The average Bonchev–Trinajstić information content (AvgIpc) is 2.72. The van der Waals surface area contributed by atoms with Gasteiger partial charge in [0.25, 0.3) is 0 Å². The molecule has 0 bridgehead atoms. The molecule has 1 aromatic heterocycles. The van der Waals surface area contributed by atoms with Crippen molar-refractivity contribution in [2.24, 2.45) is 0 Å². The average molecular weight is 237 g/mol. The first kappa shape index (κ1) is 10.6. The molecule has 1 atom stereocenters. The summed E-state index contributed by atoms with van der Waals surface area (Å²) in [5, 5.41) is 4.55. The number of ether oxygens (including phenoxy) is 1. The second kappa shape index (κ2) is 4.76. The van der Waals surface area contributed by atoms with E-state index in [9.17, 15) is 0 Å². The lowest BCUT2D eigenvalue weighted by Gasteiger charge is -2.22. The Morgan fingerprint density at radius 2 is 2.19 bits per heavy atom. The molecule has 3 heteroatoms. The van der Waals surface area contributed by atoms with Crippen LogP contribution in [-0.2, 0) is 12.8 Å². The Morgan fingerprint density at radius 1 is 1.25 bits per heavy atom. The van der Waals surface area contributed by atoms with E-state index >= 15 is 0 Å². The Labute approximate surface area is 101 Å². The van der Waals surface area contributed by atoms with Crippen molar-refractivity contribution >= 4 is 11.3 Å². The number of hydrogen-bond acceptors (Lipinski definition) is 3. The van der Waals surface area contributed by atoms with Crippen LogP contribution in [0.15, 0.2) is 6.07 Å². The van der Waals surface area contributed by atoms with Crippen LogP contribution in [0.1, 0.15) is 36.1 Å². The van der Waals surface area contributed by atoms with Crippen LogP contribution < -0.4 is 10.1 Å². The van der Waals surface area contributed by atoms with Crippen molar-refractivity contribution < 1.29 is 4.74 Å². The quantitative estimate of drug-likeness (QED) is 0.854. The zero-order valence-corrected chi connectivity index (χ0v) is 10.4. The molecule has 16 heavy (non-hydrogen) atoms. The van der Waals surface area contributed by atoms with Crippen LogP contribution in [0.5, 0.6) is 5.06 Å². The lowest BCUT2D eigenvalue weighted by molar-refractivity contribution is 0.172. The smallest absolute Gasteiger partial charge is 0.174 e. The van der Waals surface area contributed by atoms with Crippen LogP contribution in [0, 0.1) is 0 Å². The van der Waals surface area contributed by atoms with E-state index in [2.05, 4.69) is 11.4 Å². The monoisotopic (exact) mass is 237 g/mol. The molecule has 0 saturated carbocycles. The Kier molecular flexibility index (Phi) is 3.15. The van der Waals surface area contributed by atoms with E-state index in [0.717, 1.165) is 18.2 Å². The highest BCUT2D eigenvalue weighted by Crippen LogP contribution is 2.35. The fraction of sp³-hybridized carbons (Fsp3) is 0.692. The van der Waals surface area contributed by atoms with Gasteiger partial charge in [-0.05, 0) is 56.7 Å². The lowest BCUT2D eigenvalue weighted by Crippen LogP contribution is -2.36. The molecule has 2 heterocycles. The third-order valence-corrected chi connectivity index (χ3v) is 4.64. The zero-order chi connectivity index (χ0) is 10.8. The number of rotatable bonds is 2. The van der Waals surface area contributed by atoms with Crippen LogP contribution in [0.2, 0.25) is 0 Å². The second-order valence-electron chi connectivity index (χ2n) is 4.81. The molecular weight excluding hydrogens is 218 g/mol. The number of thiophene rings is 1. The first-order valence-electron chi connectivity index (χ1n) is 6.41. The van der Waals surface area contributed by atoms with Crippen molar-refractivity contribution in [2.45, 2.75) is 44.6 Å². The standard InChI is InChI=1S/C13H19NOS/c1-2-6-12-10(4-1)8-13(16-12)15-11-5-3-7-14-9-11/h8,11,14H,1-7,9H2. The van der Waals surface area contributed by atoms with Crippen molar-refractivity contribution in [3.05, 3.63) is 16.5 Å².